The van der Waals surface area contributed by atoms with E-state index in [9.17, 15) is 4.79 Å². The third kappa shape index (κ3) is 4.59. The van der Waals surface area contributed by atoms with Crippen molar-refractivity contribution in [1.29, 1.82) is 0 Å². The Labute approximate surface area is 122 Å². The molecule has 1 rings (SSSR count). The van der Waals surface area contributed by atoms with E-state index in [1.807, 2.05) is 36.9 Å². The molecule has 0 fully saturated rings. The van der Waals surface area contributed by atoms with Crippen LogP contribution < -0.4 is 5.32 Å². The molecule has 5 heteroatoms. The van der Waals surface area contributed by atoms with Gasteiger partial charge in [0, 0.05) is 24.1 Å². The summed E-state index contributed by atoms with van der Waals surface area (Å²) < 4.78 is 0.882. The van der Waals surface area contributed by atoms with E-state index in [-0.39, 0.29) is 5.91 Å². The zero-order valence-corrected chi connectivity index (χ0v) is 13.0. The van der Waals surface area contributed by atoms with E-state index in [2.05, 4.69) is 21.2 Å². The van der Waals surface area contributed by atoms with Crippen LogP contribution in [0.4, 0.5) is 0 Å². The van der Waals surface area contributed by atoms with Gasteiger partial charge in [-0.25, -0.2) is 0 Å². The molecule has 100 valence electrons. The summed E-state index contributed by atoms with van der Waals surface area (Å²) in [6, 6.07) is 5.77. The van der Waals surface area contributed by atoms with Gasteiger partial charge < -0.3 is 10.2 Å². The van der Waals surface area contributed by atoms with Crippen LogP contribution in [0.2, 0.25) is 5.02 Å². The number of carbonyl (C=O) groups is 1. The van der Waals surface area contributed by atoms with E-state index in [0.717, 1.165) is 23.1 Å². The number of hydrogen-bond acceptors (Lipinski definition) is 2. The zero-order valence-electron chi connectivity index (χ0n) is 10.7. The molecule has 1 aromatic rings. The Balaban J connectivity index is 2.41. The maximum absolute atomic E-state index is 11.7. The van der Waals surface area contributed by atoms with Crippen molar-refractivity contribution < 1.29 is 4.79 Å². The molecule has 18 heavy (non-hydrogen) atoms. The lowest BCUT2D eigenvalue weighted by molar-refractivity contribution is -0.129. The molecule has 0 atom stereocenters. The quantitative estimate of drug-likeness (QED) is 0.868. The smallest absolute Gasteiger partial charge is 0.236 e. The van der Waals surface area contributed by atoms with Crippen LogP contribution in [-0.2, 0) is 11.3 Å². The van der Waals surface area contributed by atoms with Crippen LogP contribution in [0.5, 0.6) is 0 Å². The van der Waals surface area contributed by atoms with Crippen molar-refractivity contribution >= 4 is 33.4 Å². The van der Waals surface area contributed by atoms with Crippen LogP contribution >= 0.6 is 27.5 Å². The highest BCUT2D eigenvalue weighted by Crippen LogP contribution is 2.22. The number of hydrogen-bond donors (Lipinski definition) is 1. The Morgan fingerprint density at radius 3 is 2.61 bits per heavy atom. The van der Waals surface area contributed by atoms with Crippen LogP contribution in [0, 0.1) is 0 Å². The molecule has 3 nitrogen and oxygen atoms in total. The lowest BCUT2D eigenvalue weighted by Crippen LogP contribution is -2.37. The summed E-state index contributed by atoms with van der Waals surface area (Å²) in [6.07, 6.45) is 0. The molecule has 1 amide bonds. The average Bonchev–Trinajstić information content (AvgIpc) is 2.35. The predicted molar refractivity (Wildman–Crippen MR) is 78.8 cm³/mol. The van der Waals surface area contributed by atoms with Crippen molar-refractivity contribution in [1.82, 2.24) is 10.2 Å². The van der Waals surface area contributed by atoms with E-state index in [1.54, 1.807) is 0 Å². The molecule has 0 unspecified atom stereocenters. The van der Waals surface area contributed by atoms with E-state index >= 15 is 0 Å². The van der Waals surface area contributed by atoms with Gasteiger partial charge in [-0.05, 0) is 47.5 Å². The van der Waals surface area contributed by atoms with Gasteiger partial charge in [0.15, 0.2) is 0 Å². The molecule has 0 radical (unpaired) electrons. The van der Waals surface area contributed by atoms with Crippen LogP contribution in [0.15, 0.2) is 22.7 Å². The molecule has 1 aromatic carbocycles. The van der Waals surface area contributed by atoms with Gasteiger partial charge in [-0.2, -0.15) is 0 Å². The summed E-state index contributed by atoms with van der Waals surface area (Å²) in [4.78, 5) is 13.6. The number of benzene rings is 1. The number of likely N-dealkylation sites (N-methyl/N-ethyl adjacent to an activating group) is 1. The van der Waals surface area contributed by atoms with Gasteiger partial charge in [-0.1, -0.05) is 17.7 Å². The van der Waals surface area contributed by atoms with Crippen LogP contribution in [0.3, 0.4) is 0 Å². The van der Waals surface area contributed by atoms with Gasteiger partial charge in [0.1, 0.15) is 0 Å². The summed E-state index contributed by atoms with van der Waals surface area (Å²) in [5, 5.41) is 3.82. The van der Waals surface area contributed by atoms with Crippen LogP contribution in [-0.4, -0.2) is 30.4 Å². The van der Waals surface area contributed by atoms with E-state index in [4.69, 9.17) is 11.6 Å². The summed E-state index contributed by atoms with van der Waals surface area (Å²) in [5.41, 5.74) is 1.07. The van der Waals surface area contributed by atoms with Crippen LogP contribution in [0.1, 0.15) is 19.4 Å². The van der Waals surface area contributed by atoms with Gasteiger partial charge in [0.25, 0.3) is 0 Å². The molecule has 0 saturated heterocycles. The standard InChI is InChI=1S/C13H18BrClN2O/c1-3-17(4-2)13(18)9-16-8-10-5-6-11(14)12(15)7-10/h5-7,16H,3-4,8-9H2,1-2H3. The highest BCUT2D eigenvalue weighted by molar-refractivity contribution is 9.10. The molecule has 0 aliphatic rings. The second-order valence-electron chi connectivity index (χ2n) is 3.92. The Hall–Kier alpha value is -0.580. The zero-order chi connectivity index (χ0) is 13.5. The third-order valence-corrected chi connectivity index (χ3v) is 3.94. The van der Waals surface area contributed by atoms with Crippen molar-refractivity contribution in [2.24, 2.45) is 0 Å². The molecule has 0 saturated carbocycles. The largest absolute Gasteiger partial charge is 0.342 e. The Kier molecular flexibility index (Phi) is 6.68. The monoisotopic (exact) mass is 332 g/mol. The van der Waals surface area contributed by atoms with Crippen molar-refractivity contribution in [3.05, 3.63) is 33.3 Å². The van der Waals surface area contributed by atoms with Gasteiger partial charge in [0.2, 0.25) is 5.91 Å². The molecule has 0 spiro atoms. The topological polar surface area (TPSA) is 32.3 Å². The SMILES string of the molecule is CCN(CC)C(=O)CNCc1ccc(Br)c(Cl)c1. The van der Waals surface area contributed by atoms with Crippen molar-refractivity contribution in [3.63, 3.8) is 0 Å². The molecule has 0 bridgehead atoms. The van der Waals surface area contributed by atoms with E-state index < -0.39 is 0 Å². The molecule has 1 N–H and O–H groups in total. The normalized spacial score (nSPS) is 10.4. The maximum atomic E-state index is 11.7. The second-order valence-corrected chi connectivity index (χ2v) is 5.18. The fourth-order valence-electron chi connectivity index (χ4n) is 1.65. The Morgan fingerprint density at radius 1 is 1.39 bits per heavy atom. The lowest BCUT2D eigenvalue weighted by atomic mass is 10.2. The summed E-state index contributed by atoms with van der Waals surface area (Å²) >= 11 is 9.35. The van der Waals surface area contributed by atoms with E-state index in [1.165, 1.54) is 0 Å². The Morgan fingerprint density at radius 2 is 2.06 bits per heavy atom. The van der Waals surface area contributed by atoms with Crippen molar-refractivity contribution in [2.75, 3.05) is 19.6 Å². The minimum atomic E-state index is 0.128. The first-order valence-electron chi connectivity index (χ1n) is 6.00. The fourth-order valence-corrected chi connectivity index (χ4v) is 2.10. The Bertz CT molecular complexity index is 408. The van der Waals surface area contributed by atoms with Gasteiger partial charge >= 0.3 is 0 Å². The molecule has 0 heterocycles. The highest BCUT2D eigenvalue weighted by Gasteiger charge is 2.08. The van der Waals surface area contributed by atoms with Crippen molar-refractivity contribution in [2.45, 2.75) is 20.4 Å². The summed E-state index contributed by atoms with van der Waals surface area (Å²) in [7, 11) is 0. The number of nitrogens with zero attached hydrogens (tertiary/aromatic N) is 1. The maximum Gasteiger partial charge on any atom is 0.236 e. The van der Waals surface area contributed by atoms with Gasteiger partial charge in [0.05, 0.1) is 11.6 Å². The first kappa shape index (κ1) is 15.5. The number of nitrogens with one attached hydrogen (secondary N) is 1. The van der Waals surface area contributed by atoms with Gasteiger partial charge in [-0.15, -0.1) is 0 Å². The third-order valence-electron chi connectivity index (χ3n) is 2.71. The first-order valence-corrected chi connectivity index (χ1v) is 7.18. The van der Waals surface area contributed by atoms with E-state index in [0.29, 0.717) is 18.1 Å². The molecule has 0 aliphatic carbocycles. The average molecular weight is 334 g/mol. The first-order chi connectivity index (χ1) is 8.58. The minimum Gasteiger partial charge on any atom is -0.342 e. The molecule has 0 aliphatic heterocycles. The summed E-state index contributed by atoms with van der Waals surface area (Å²) in [6.45, 7) is 6.46. The minimum absolute atomic E-state index is 0.128. The predicted octanol–water partition coefficient (Wildman–Crippen LogP) is 3.06. The highest BCUT2D eigenvalue weighted by atomic mass is 79.9. The number of rotatable bonds is 6. The second kappa shape index (κ2) is 7.77. The fraction of sp³-hybridized carbons (Fsp3) is 0.462. The number of carbonyl (C=O) groups excluding carboxylic acids is 1. The molecule has 0 aromatic heterocycles. The number of amides is 1. The molecular weight excluding hydrogens is 316 g/mol. The van der Waals surface area contributed by atoms with Crippen molar-refractivity contribution in [3.8, 4) is 0 Å². The van der Waals surface area contributed by atoms with Crippen LogP contribution in [0.25, 0.3) is 0 Å². The van der Waals surface area contributed by atoms with Gasteiger partial charge in [-0.3, -0.25) is 4.79 Å². The summed E-state index contributed by atoms with van der Waals surface area (Å²) in [5.74, 6) is 0.128. The lowest BCUT2D eigenvalue weighted by Gasteiger charge is -2.18. The molecular formula is C13H18BrClN2O. The number of halogens is 2.